The number of rotatable bonds is 4. The van der Waals surface area contributed by atoms with Crippen LogP contribution in [0.2, 0.25) is 0 Å². The summed E-state index contributed by atoms with van der Waals surface area (Å²) in [4.78, 5) is 24.7. The van der Waals surface area contributed by atoms with Gasteiger partial charge in [0.2, 0.25) is 0 Å². The number of carbonyl (C=O) groups excluding carboxylic acids is 2. The average molecular weight is 356 g/mol. The Morgan fingerprint density at radius 1 is 0.923 bits per heavy atom. The molecule has 0 aromatic heterocycles. The molecule has 6 heteroatoms. The molecule has 1 unspecified atom stereocenters. The smallest absolute Gasteiger partial charge is 0.338 e. The van der Waals surface area contributed by atoms with Gasteiger partial charge in [-0.3, -0.25) is 0 Å². The van der Waals surface area contributed by atoms with Crippen LogP contribution in [0.25, 0.3) is 0 Å². The first kappa shape index (κ1) is 18.1. The van der Waals surface area contributed by atoms with Crippen molar-refractivity contribution in [1.82, 2.24) is 0 Å². The lowest BCUT2D eigenvalue weighted by Gasteiger charge is -2.37. The Balaban J connectivity index is 1.74. The van der Waals surface area contributed by atoms with Gasteiger partial charge in [0.05, 0.1) is 17.2 Å². The van der Waals surface area contributed by atoms with Crippen LogP contribution < -0.4 is 0 Å². The molecule has 2 aromatic rings. The van der Waals surface area contributed by atoms with Crippen molar-refractivity contribution in [3.63, 3.8) is 0 Å². The Kier molecular flexibility index (Phi) is 5.65. The highest BCUT2D eigenvalue weighted by atomic mass is 16.7. The van der Waals surface area contributed by atoms with Crippen molar-refractivity contribution < 1.29 is 28.9 Å². The number of aliphatic hydroxyl groups is 1. The second kappa shape index (κ2) is 8.12. The summed E-state index contributed by atoms with van der Waals surface area (Å²) in [7, 11) is 0. The van der Waals surface area contributed by atoms with Crippen LogP contribution in [0, 0.1) is 0 Å². The third kappa shape index (κ3) is 4.28. The Morgan fingerprint density at radius 3 is 1.96 bits per heavy atom. The van der Waals surface area contributed by atoms with Crippen molar-refractivity contribution in [2.75, 3.05) is 0 Å². The summed E-state index contributed by atoms with van der Waals surface area (Å²) in [6, 6.07) is 17.0. The van der Waals surface area contributed by atoms with Crippen molar-refractivity contribution in [2.45, 2.75) is 37.9 Å². The lowest BCUT2D eigenvalue weighted by Crippen LogP contribution is -2.51. The van der Waals surface area contributed by atoms with E-state index in [0.717, 1.165) is 0 Å². The lowest BCUT2D eigenvalue weighted by molar-refractivity contribution is -0.226. The summed E-state index contributed by atoms with van der Waals surface area (Å²) in [6.45, 7) is 1.66. The Labute approximate surface area is 151 Å². The van der Waals surface area contributed by atoms with Crippen molar-refractivity contribution >= 4 is 11.9 Å². The van der Waals surface area contributed by atoms with Gasteiger partial charge < -0.3 is 19.3 Å². The molecule has 0 spiro atoms. The van der Waals surface area contributed by atoms with Gasteiger partial charge in [-0.25, -0.2) is 9.59 Å². The summed E-state index contributed by atoms with van der Waals surface area (Å²) >= 11 is 0. The zero-order chi connectivity index (χ0) is 18.5. The molecule has 0 amide bonds. The fourth-order valence-electron chi connectivity index (χ4n) is 2.85. The standard InChI is InChI=1S/C20H20O6/c1-13-18(26-20(23)15-10-6-3-7-11-15)16(12-17(21)24-13)25-19(22)14-8-4-2-5-9-14/h2-11,13,16-18,21H,12H2,1H3/t13-,16-,17?,18-/m1/s1. The van der Waals surface area contributed by atoms with E-state index in [9.17, 15) is 14.7 Å². The van der Waals surface area contributed by atoms with Crippen LogP contribution in [0.3, 0.4) is 0 Å². The summed E-state index contributed by atoms with van der Waals surface area (Å²) in [5, 5.41) is 9.85. The molecule has 1 saturated heterocycles. The summed E-state index contributed by atoms with van der Waals surface area (Å²) in [6.07, 6.45) is -3.33. The molecule has 4 atom stereocenters. The van der Waals surface area contributed by atoms with E-state index >= 15 is 0 Å². The van der Waals surface area contributed by atoms with Gasteiger partial charge in [0.25, 0.3) is 0 Å². The molecule has 136 valence electrons. The number of hydrogen-bond acceptors (Lipinski definition) is 6. The number of esters is 2. The van der Waals surface area contributed by atoms with E-state index < -0.39 is 36.5 Å². The third-order valence-electron chi connectivity index (χ3n) is 4.16. The van der Waals surface area contributed by atoms with E-state index in [1.165, 1.54) is 0 Å². The van der Waals surface area contributed by atoms with Gasteiger partial charge in [0.15, 0.2) is 12.4 Å². The Hall–Kier alpha value is -2.70. The zero-order valence-electron chi connectivity index (χ0n) is 14.3. The minimum absolute atomic E-state index is 0.0235. The van der Waals surface area contributed by atoms with Crippen LogP contribution in [0.4, 0.5) is 0 Å². The molecule has 6 nitrogen and oxygen atoms in total. The summed E-state index contributed by atoms with van der Waals surface area (Å²) < 4.78 is 16.4. The van der Waals surface area contributed by atoms with Gasteiger partial charge in [-0.1, -0.05) is 36.4 Å². The molecule has 1 aliphatic heterocycles. The zero-order valence-corrected chi connectivity index (χ0v) is 14.3. The first-order valence-corrected chi connectivity index (χ1v) is 8.40. The first-order valence-electron chi connectivity index (χ1n) is 8.40. The molecule has 0 aliphatic carbocycles. The summed E-state index contributed by atoms with van der Waals surface area (Å²) in [5.41, 5.74) is 0.772. The normalized spacial score (nSPS) is 25.3. The Morgan fingerprint density at radius 2 is 1.42 bits per heavy atom. The van der Waals surface area contributed by atoms with E-state index in [1.807, 2.05) is 0 Å². The maximum atomic E-state index is 12.4. The molecule has 1 heterocycles. The molecular weight excluding hydrogens is 336 g/mol. The van der Waals surface area contributed by atoms with E-state index in [1.54, 1.807) is 67.6 Å². The molecule has 26 heavy (non-hydrogen) atoms. The topological polar surface area (TPSA) is 82.1 Å². The third-order valence-corrected chi connectivity index (χ3v) is 4.16. The van der Waals surface area contributed by atoms with E-state index in [0.29, 0.717) is 11.1 Å². The highest BCUT2D eigenvalue weighted by Gasteiger charge is 2.41. The second-order valence-corrected chi connectivity index (χ2v) is 6.08. The molecular formula is C20H20O6. The maximum Gasteiger partial charge on any atom is 0.338 e. The minimum atomic E-state index is -1.09. The van der Waals surface area contributed by atoms with E-state index in [4.69, 9.17) is 14.2 Å². The summed E-state index contributed by atoms with van der Waals surface area (Å²) in [5.74, 6) is -1.08. The van der Waals surface area contributed by atoms with Crippen molar-refractivity contribution in [3.05, 3.63) is 71.8 Å². The molecule has 1 aliphatic rings. The number of carbonyl (C=O) groups is 2. The van der Waals surface area contributed by atoms with Crippen LogP contribution in [0.15, 0.2) is 60.7 Å². The lowest BCUT2D eigenvalue weighted by atomic mass is 10.0. The van der Waals surface area contributed by atoms with Gasteiger partial charge in [0, 0.05) is 6.42 Å². The van der Waals surface area contributed by atoms with Crippen molar-refractivity contribution in [3.8, 4) is 0 Å². The van der Waals surface area contributed by atoms with Crippen LogP contribution in [-0.2, 0) is 14.2 Å². The molecule has 1 fully saturated rings. The van der Waals surface area contributed by atoms with Gasteiger partial charge in [-0.2, -0.15) is 0 Å². The molecule has 1 N–H and O–H groups in total. The van der Waals surface area contributed by atoms with E-state index in [2.05, 4.69) is 0 Å². The number of aliphatic hydroxyl groups excluding tert-OH is 1. The van der Waals surface area contributed by atoms with Crippen LogP contribution in [0.1, 0.15) is 34.1 Å². The number of ether oxygens (including phenoxy) is 3. The van der Waals surface area contributed by atoms with Crippen LogP contribution in [0.5, 0.6) is 0 Å². The molecule has 0 bridgehead atoms. The van der Waals surface area contributed by atoms with Gasteiger partial charge in [-0.05, 0) is 31.2 Å². The fourth-order valence-corrected chi connectivity index (χ4v) is 2.85. The molecule has 3 rings (SSSR count). The van der Waals surface area contributed by atoms with E-state index in [-0.39, 0.29) is 6.42 Å². The molecule has 0 saturated carbocycles. The quantitative estimate of drug-likeness (QED) is 0.848. The first-order chi connectivity index (χ1) is 12.5. The highest BCUT2D eigenvalue weighted by Crippen LogP contribution is 2.26. The number of benzene rings is 2. The number of hydrogen-bond donors (Lipinski definition) is 1. The Bertz CT molecular complexity index is 745. The molecule has 0 radical (unpaired) electrons. The monoisotopic (exact) mass is 356 g/mol. The largest absolute Gasteiger partial charge is 0.455 e. The maximum absolute atomic E-state index is 12.4. The van der Waals surface area contributed by atoms with Gasteiger partial charge in [0.1, 0.15) is 6.10 Å². The molecule has 2 aromatic carbocycles. The highest BCUT2D eigenvalue weighted by molar-refractivity contribution is 5.90. The fraction of sp³-hybridized carbons (Fsp3) is 0.300. The average Bonchev–Trinajstić information content (AvgIpc) is 2.65. The van der Waals surface area contributed by atoms with Crippen LogP contribution >= 0.6 is 0 Å². The van der Waals surface area contributed by atoms with Gasteiger partial charge >= 0.3 is 11.9 Å². The van der Waals surface area contributed by atoms with Crippen molar-refractivity contribution in [1.29, 1.82) is 0 Å². The van der Waals surface area contributed by atoms with Crippen LogP contribution in [-0.4, -0.2) is 41.6 Å². The SMILES string of the molecule is C[C@H]1OC(O)C[C@@H](OC(=O)c2ccccc2)[C@@H]1OC(=O)c1ccccc1. The second-order valence-electron chi connectivity index (χ2n) is 6.08. The minimum Gasteiger partial charge on any atom is -0.455 e. The predicted molar refractivity (Wildman–Crippen MR) is 92.5 cm³/mol. The van der Waals surface area contributed by atoms with Gasteiger partial charge in [-0.15, -0.1) is 0 Å². The van der Waals surface area contributed by atoms with Crippen molar-refractivity contribution in [2.24, 2.45) is 0 Å². The predicted octanol–water partition coefficient (Wildman–Crippen LogP) is 2.56.